The number of aromatic nitrogens is 3. The first kappa shape index (κ1) is 18.4. The maximum Gasteiger partial charge on any atom is 0.433 e. The van der Waals surface area contributed by atoms with Crippen LogP contribution in [0.5, 0.6) is 0 Å². The summed E-state index contributed by atoms with van der Waals surface area (Å²) in [5.41, 5.74) is 0.635. The van der Waals surface area contributed by atoms with Gasteiger partial charge in [0.25, 0.3) is 5.91 Å². The highest BCUT2D eigenvalue weighted by Crippen LogP contribution is 2.27. The Bertz CT molecular complexity index is 941. The van der Waals surface area contributed by atoms with E-state index in [0.717, 1.165) is 18.3 Å². The Morgan fingerprint density at radius 2 is 1.74 bits per heavy atom. The van der Waals surface area contributed by atoms with Crippen LogP contribution in [-0.2, 0) is 12.7 Å². The summed E-state index contributed by atoms with van der Waals surface area (Å²) in [6.07, 6.45) is -2.39. The van der Waals surface area contributed by atoms with Crippen molar-refractivity contribution in [3.8, 4) is 11.3 Å². The molecular formula is C18H12F4N4O. The van der Waals surface area contributed by atoms with Crippen molar-refractivity contribution in [2.75, 3.05) is 0 Å². The summed E-state index contributed by atoms with van der Waals surface area (Å²) < 4.78 is 50.5. The van der Waals surface area contributed by atoms with Gasteiger partial charge in [0.15, 0.2) is 0 Å². The molecular weight excluding hydrogens is 364 g/mol. The minimum Gasteiger partial charge on any atom is -0.346 e. The smallest absolute Gasteiger partial charge is 0.346 e. The van der Waals surface area contributed by atoms with E-state index in [-0.39, 0.29) is 17.9 Å². The van der Waals surface area contributed by atoms with E-state index in [1.165, 1.54) is 18.5 Å². The molecule has 0 unspecified atom stereocenters. The van der Waals surface area contributed by atoms with Crippen molar-refractivity contribution < 1.29 is 22.4 Å². The van der Waals surface area contributed by atoms with Crippen molar-refractivity contribution in [2.45, 2.75) is 12.7 Å². The van der Waals surface area contributed by atoms with Crippen molar-refractivity contribution in [3.63, 3.8) is 0 Å². The molecule has 9 heteroatoms. The zero-order chi connectivity index (χ0) is 19.4. The number of alkyl halides is 3. The van der Waals surface area contributed by atoms with E-state index in [4.69, 9.17) is 0 Å². The minimum atomic E-state index is -4.56. The van der Waals surface area contributed by atoms with Gasteiger partial charge >= 0.3 is 6.18 Å². The van der Waals surface area contributed by atoms with Crippen molar-refractivity contribution in [1.82, 2.24) is 20.3 Å². The summed E-state index contributed by atoms with van der Waals surface area (Å²) in [6, 6.07) is 9.15. The second kappa shape index (κ2) is 7.48. The van der Waals surface area contributed by atoms with Gasteiger partial charge in [-0.05, 0) is 42.5 Å². The Morgan fingerprint density at radius 1 is 1.00 bits per heavy atom. The lowest BCUT2D eigenvalue weighted by Gasteiger charge is -2.08. The van der Waals surface area contributed by atoms with E-state index in [1.807, 2.05) is 0 Å². The molecule has 0 spiro atoms. The number of nitrogens with one attached hydrogen (secondary N) is 1. The Hall–Kier alpha value is -3.36. The maximum atomic E-state index is 13.0. The molecule has 0 aliphatic heterocycles. The van der Waals surface area contributed by atoms with E-state index >= 15 is 0 Å². The summed E-state index contributed by atoms with van der Waals surface area (Å²) in [5.74, 6) is -0.955. The van der Waals surface area contributed by atoms with Crippen LogP contribution in [0.3, 0.4) is 0 Å². The highest BCUT2D eigenvalue weighted by Gasteiger charge is 2.32. The molecule has 0 atom stereocenters. The number of hydrogen-bond donors (Lipinski definition) is 1. The van der Waals surface area contributed by atoms with Gasteiger partial charge in [-0.25, -0.2) is 14.4 Å². The number of halogens is 4. The molecule has 3 rings (SSSR count). The van der Waals surface area contributed by atoms with E-state index < -0.39 is 17.8 Å². The SMILES string of the molecule is O=C(NCc1cc(-c2ccc(F)cc2)ncn1)c1ccc(C(F)(F)F)nc1. The molecule has 0 bridgehead atoms. The fourth-order valence-electron chi connectivity index (χ4n) is 2.24. The average molecular weight is 376 g/mol. The van der Waals surface area contributed by atoms with Gasteiger partial charge in [0.1, 0.15) is 17.8 Å². The van der Waals surface area contributed by atoms with Crippen LogP contribution in [0.4, 0.5) is 17.6 Å². The molecule has 1 amide bonds. The van der Waals surface area contributed by atoms with Crippen molar-refractivity contribution in [1.29, 1.82) is 0 Å². The van der Waals surface area contributed by atoms with Gasteiger partial charge in [0, 0.05) is 11.8 Å². The number of hydrogen-bond acceptors (Lipinski definition) is 4. The topological polar surface area (TPSA) is 67.8 Å². The van der Waals surface area contributed by atoms with Crippen molar-refractivity contribution in [3.05, 3.63) is 77.8 Å². The first-order chi connectivity index (χ1) is 12.8. The molecule has 0 saturated carbocycles. The molecule has 0 aliphatic rings. The number of pyridine rings is 1. The molecule has 0 aliphatic carbocycles. The lowest BCUT2D eigenvalue weighted by molar-refractivity contribution is -0.141. The third-order valence-corrected chi connectivity index (χ3v) is 3.61. The van der Waals surface area contributed by atoms with Crippen molar-refractivity contribution >= 4 is 5.91 Å². The molecule has 138 valence electrons. The third kappa shape index (κ3) is 4.63. The zero-order valence-electron chi connectivity index (χ0n) is 13.7. The fourth-order valence-corrected chi connectivity index (χ4v) is 2.24. The van der Waals surface area contributed by atoms with Gasteiger partial charge in [-0.1, -0.05) is 0 Å². The van der Waals surface area contributed by atoms with Crippen LogP contribution < -0.4 is 5.32 Å². The molecule has 1 aromatic carbocycles. The third-order valence-electron chi connectivity index (χ3n) is 3.61. The largest absolute Gasteiger partial charge is 0.433 e. The quantitative estimate of drug-likeness (QED) is 0.706. The van der Waals surface area contributed by atoms with E-state index in [0.29, 0.717) is 17.0 Å². The fraction of sp³-hybridized carbons (Fsp3) is 0.111. The Morgan fingerprint density at radius 3 is 2.37 bits per heavy atom. The van der Waals surface area contributed by atoms with Crippen molar-refractivity contribution in [2.24, 2.45) is 0 Å². The summed E-state index contributed by atoms with van der Waals surface area (Å²) in [5, 5.41) is 2.55. The van der Waals surface area contributed by atoms with E-state index in [2.05, 4.69) is 20.3 Å². The Kier molecular flexibility index (Phi) is 5.11. The van der Waals surface area contributed by atoms with Gasteiger partial charge in [0.2, 0.25) is 0 Å². The lowest BCUT2D eigenvalue weighted by Crippen LogP contribution is -2.23. The van der Waals surface area contributed by atoms with Gasteiger partial charge in [0.05, 0.1) is 23.5 Å². The van der Waals surface area contributed by atoms with E-state index in [9.17, 15) is 22.4 Å². The summed E-state index contributed by atoms with van der Waals surface area (Å²) >= 11 is 0. The number of carbonyl (C=O) groups excluding carboxylic acids is 1. The predicted molar refractivity (Wildman–Crippen MR) is 87.8 cm³/mol. The summed E-state index contributed by atoms with van der Waals surface area (Å²) in [7, 11) is 0. The maximum absolute atomic E-state index is 13.0. The van der Waals surface area contributed by atoms with Crippen LogP contribution in [-0.4, -0.2) is 20.9 Å². The molecule has 3 aromatic rings. The molecule has 27 heavy (non-hydrogen) atoms. The van der Waals surface area contributed by atoms with Gasteiger partial charge in [-0.3, -0.25) is 9.78 Å². The zero-order valence-corrected chi connectivity index (χ0v) is 13.7. The van der Waals surface area contributed by atoms with E-state index in [1.54, 1.807) is 18.2 Å². The normalized spacial score (nSPS) is 11.3. The second-order valence-electron chi connectivity index (χ2n) is 5.51. The Balaban J connectivity index is 1.67. The monoisotopic (exact) mass is 376 g/mol. The molecule has 1 N–H and O–H groups in total. The molecule has 2 aromatic heterocycles. The van der Waals surface area contributed by atoms with Gasteiger partial charge in [-0.2, -0.15) is 13.2 Å². The minimum absolute atomic E-state index is 0.00388. The number of amides is 1. The Labute approximate surface area is 151 Å². The molecule has 0 radical (unpaired) electrons. The van der Waals surface area contributed by atoms with Crippen LogP contribution in [0.1, 0.15) is 21.7 Å². The number of nitrogens with zero attached hydrogens (tertiary/aromatic N) is 3. The van der Waals surface area contributed by atoms with Crippen LogP contribution >= 0.6 is 0 Å². The van der Waals surface area contributed by atoms with Gasteiger partial charge < -0.3 is 5.32 Å². The van der Waals surface area contributed by atoms with Crippen LogP contribution in [0.15, 0.2) is 55.0 Å². The van der Waals surface area contributed by atoms with Crippen LogP contribution in [0.2, 0.25) is 0 Å². The second-order valence-corrected chi connectivity index (χ2v) is 5.51. The predicted octanol–water partition coefficient (Wildman–Crippen LogP) is 3.63. The number of carbonyl (C=O) groups is 1. The summed E-state index contributed by atoms with van der Waals surface area (Å²) in [4.78, 5) is 23.4. The molecule has 2 heterocycles. The number of benzene rings is 1. The molecule has 5 nitrogen and oxygen atoms in total. The molecule has 0 fully saturated rings. The average Bonchev–Trinajstić information content (AvgIpc) is 2.66. The van der Waals surface area contributed by atoms with Gasteiger partial charge in [-0.15, -0.1) is 0 Å². The number of rotatable bonds is 4. The first-order valence-electron chi connectivity index (χ1n) is 7.71. The molecule has 0 saturated heterocycles. The highest BCUT2D eigenvalue weighted by molar-refractivity contribution is 5.93. The first-order valence-corrected chi connectivity index (χ1v) is 7.71. The summed E-state index contributed by atoms with van der Waals surface area (Å²) in [6.45, 7) is 0.0383. The standard InChI is InChI=1S/C18H12F4N4O/c19-13-4-1-11(2-5-13)15-7-14(25-10-26-15)9-24-17(27)12-3-6-16(23-8-12)18(20,21)22/h1-8,10H,9H2,(H,24,27). The highest BCUT2D eigenvalue weighted by atomic mass is 19.4. The lowest BCUT2D eigenvalue weighted by atomic mass is 10.1. The van der Waals surface area contributed by atoms with Crippen LogP contribution in [0, 0.1) is 5.82 Å². The van der Waals surface area contributed by atoms with Crippen LogP contribution in [0.25, 0.3) is 11.3 Å².